The minimum Gasteiger partial charge on any atom is -0.493 e. The third kappa shape index (κ3) is 4.03. The lowest BCUT2D eigenvalue weighted by Crippen LogP contribution is -2.08. The van der Waals surface area contributed by atoms with E-state index in [0.717, 1.165) is 11.1 Å². The first-order chi connectivity index (χ1) is 15.6. The molecule has 0 N–H and O–H groups in total. The number of methoxy groups -OCH3 is 6. The largest absolute Gasteiger partial charge is 0.493 e. The van der Waals surface area contributed by atoms with Crippen LogP contribution in [0.2, 0.25) is 0 Å². The number of rotatable bonds is 9. The summed E-state index contributed by atoms with van der Waals surface area (Å²) >= 11 is 0. The Morgan fingerprint density at radius 2 is 1.19 bits per heavy atom. The van der Waals surface area contributed by atoms with Crippen molar-refractivity contribution in [1.82, 2.24) is 0 Å². The Kier molecular flexibility index (Phi) is 7.71. The van der Waals surface area contributed by atoms with Gasteiger partial charge in [-0.15, -0.1) is 0 Å². The molecule has 0 atom stereocenters. The van der Waals surface area contributed by atoms with Crippen molar-refractivity contribution in [2.75, 3.05) is 55.9 Å². The van der Waals surface area contributed by atoms with Gasteiger partial charge < -0.3 is 37.9 Å². The van der Waals surface area contributed by atoms with Gasteiger partial charge in [0.15, 0.2) is 29.3 Å². The van der Waals surface area contributed by atoms with E-state index < -0.39 is 6.29 Å². The van der Waals surface area contributed by atoms with Crippen molar-refractivity contribution in [3.63, 3.8) is 0 Å². The molecule has 174 valence electrons. The normalized spacial score (nSPS) is 14.0. The fourth-order valence-corrected chi connectivity index (χ4v) is 3.90. The molecule has 0 saturated carbocycles. The highest BCUT2D eigenvalue weighted by Crippen LogP contribution is 2.55. The van der Waals surface area contributed by atoms with E-state index >= 15 is 0 Å². The van der Waals surface area contributed by atoms with Gasteiger partial charge in [0.2, 0.25) is 11.5 Å². The Balaban J connectivity index is 2.52. The molecule has 8 nitrogen and oxygen atoms in total. The predicted octanol–water partition coefficient (Wildman–Crippen LogP) is 4.48. The van der Waals surface area contributed by atoms with Crippen molar-refractivity contribution < 1.29 is 37.9 Å². The molecule has 1 heterocycles. The van der Waals surface area contributed by atoms with Crippen LogP contribution in [0.25, 0.3) is 17.2 Å². The lowest BCUT2D eigenvalue weighted by molar-refractivity contribution is -0.0439. The van der Waals surface area contributed by atoms with Crippen molar-refractivity contribution in [3.05, 3.63) is 29.3 Å². The molecule has 2 aromatic carbocycles. The van der Waals surface area contributed by atoms with Crippen LogP contribution in [0.5, 0.6) is 34.5 Å². The van der Waals surface area contributed by atoms with Crippen LogP contribution >= 0.6 is 0 Å². The van der Waals surface area contributed by atoms with Crippen LogP contribution in [0.4, 0.5) is 0 Å². The first-order valence-electron chi connectivity index (χ1n) is 10.1. The first-order valence-corrected chi connectivity index (χ1v) is 10.1. The Labute approximate surface area is 188 Å². The highest BCUT2D eigenvalue weighted by molar-refractivity contribution is 5.91. The molecule has 1 aliphatic heterocycles. The van der Waals surface area contributed by atoms with Gasteiger partial charge in [-0.25, -0.2) is 0 Å². The van der Waals surface area contributed by atoms with Gasteiger partial charge in [0, 0.05) is 16.7 Å². The van der Waals surface area contributed by atoms with Crippen molar-refractivity contribution >= 4 is 6.08 Å². The van der Waals surface area contributed by atoms with Crippen LogP contribution in [0.3, 0.4) is 0 Å². The SMILES string of the molecule is C/C=C\c1cc(OC)c(OC)c(OC)c1-c1c(C2OCCO2)cc(OC)c(OC)c1OC. The molecule has 1 aliphatic rings. The number of ether oxygens (including phenoxy) is 8. The first kappa shape index (κ1) is 23.6. The summed E-state index contributed by atoms with van der Waals surface area (Å²) in [6.45, 7) is 2.89. The average Bonchev–Trinajstić information content (AvgIpc) is 3.36. The van der Waals surface area contributed by atoms with Gasteiger partial charge >= 0.3 is 0 Å². The summed E-state index contributed by atoms with van der Waals surface area (Å²) in [6, 6.07) is 3.72. The Hall–Kier alpha value is -3.10. The van der Waals surface area contributed by atoms with E-state index in [1.165, 1.54) is 0 Å². The Morgan fingerprint density at radius 1 is 0.688 bits per heavy atom. The number of hydrogen-bond donors (Lipinski definition) is 0. The lowest BCUT2D eigenvalue weighted by atomic mass is 9.91. The predicted molar refractivity (Wildman–Crippen MR) is 121 cm³/mol. The van der Waals surface area contributed by atoms with Crippen LogP contribution < -0.4 is 28.4 Å². The van der Waals surface area contributed by atoms with Crippen LogP contribution in [0.1, 0.15) is 24.3 Å². The topological polar surface area (TPSA) is 73.8 Å². The molecule has 1 saturated heterocycles. The van der Waals surface area contributed by atoms with E-state index in [-0.39, 0.29) is 0 Å². The number of hydrogen-bond acceptors (Lipinski definition) is 8. The summed E-state index contributed by atoms with van der Waals surface area (Å²) in [4.78, 5) is 0. The fraction of sp³-hybridized carbons (Fsp3) is 0.417. The molecule has 0 aliphatic carbocycles. The zero-order chi connectivity index (χ0) is 23.3. The van der Waals surface area contributed by atoms with E-state index in [2.05, 4.69) is 0 Å². The van der Waals surface area contributed by atoms with Crippen LogP contribution in [0.15, 0.2) is 18.2 Å². The second-order valence-electron chi connectivity index (χ2n) is 6.79. The maximum absolute atomic E-state index is 5.86. The highest BCUT2D eigenvalue weighted by atomic mass is 16.7. The van der Waals surface area contributed by atoms with Gasteiger partial charge in [0.1, 0.15) is 0 Å². The van der Waals surface area contributed by atoms with E-state index in [1.807, 2.05) is 31.2 Å². The molecular formula is C24H30O8. The third-order valence-corrected chi connectivity index (χ3v) is 5.19. The second-order valence-corrected chi connectivity index (χ2v) is 6.79. The Morgan fingerprint density at radius 3 is 1.66 bits per heavy atom. The molecule has 1 fully saturated rings. The van der Waals surface area contributed by atoms with E-state index in [1.54, 1.807) is 42.7 Å². The lowest BCUT2D eigenvalue weighted by Gasteiger charge is -2.25. The minimum absolute atomic E-state index is 0.440. The van der Waals surface area contributed by atoms with E-state index in [9.17, 15) is 0 Å². The van der Waals surface area contributed by atoms with Gasteiger partial charge in [-0.3, -0.25) is 0 Å². The van der Waals surface area contributed by atoms with Crippen molar-refractivity contribution in [2.24, 2.45) is 0 Å². The summed E-state index contributed by atoms with van der Waals surface area (Å²) in [5.74, 6) is 2.86. The molecule has 8 heteroatoms. The summed E-state index contributed by atoms with van der Waals surface area (Å²) in [5.41, 5.74) is 2.94. The zero-order valence-electron chi connectivity index (χ0n) is 19.6. The standard InChI is InChI=1S/C24H30O8/c1-8-9-14-12-16(25-2)20(27-4)22(29-6)18(14)19-15(24-31-10-11-32-24)13-17(26-3)21(28-5)23(19)30-7/h8-9,12-13,24H,10-11H2,1-7H3/b9-8-. The van der Waals surface area contributed by atoms with Crippen molar-refractivity contribution in [3.8, 4) is 45.6 Å². The van der Waals surface area contributed by atoms with Crippen LogP contribution in [-0.4, -0.2) is 55.9 Å². The summed E-state index contributed by atoms with van der Waals surface area (Å²) in [6.07, 6.45) is 3.27. The van der Waals surface area contributed by atoms with Gasteiger partial charge in [-0.1, -0.05) is 12.2 Å². The zero-order valence-corrected chi connectivity index (χ0v) is 19.6. The van der Waals surface area contributed by atoms with Gasteiger partial charge in [-0.05, 0) is 24.6 Å². The van der Waals surface area contributed by atoms with E-state index in [4.69, 9.17) is 37.9 Å². The minimum atomic E-state index is -0.616. The maximum Gasteiger partial charge on any atom is 0.203 e. The second kappa shape index (κ2) is 10.5. The smallest absolute Gasteiger partial charge is 0.203 e. The van der Waals surface area contributed by atoms with Crippen LogP contribution in [0, 0.1) is 0 Å². The van der Waals surface area contributed by atoms with E-state index in [0.29, 0.717) is 58.8 Å². The molecular weight excluding hydrogens is 416 g/mol. The summed E-state index contributed by atoms with van der Waals surface area (Å²) in [5, 5.41) is 0. The van der Waals surface area contributed by atoms with Gasteiger partial charge in [0.05, 0.1) is 55.9 Å². The summed E-state index contributed by atoms with van der Waals surface area (Å²) < 4.78 is 45.9. The molecule has 0 radical (unpaired) electrons. The average molecular weight is 446 g/mol. The molecule has 0 spiro atoms. The molecule has 2 aromatic rings. The Bertz CT molecular complexity index is 977. The fourth-order valence-electron chi connectivity index (χ4n) is 3.90. The molecule has 0 unspecified atom stereocenters. The molecule has 32 heavy (non-hydrogen) atoms. The summed E-state index contributed by atoms with van der Waals surface area (Å²) in [7, 11) is 9.43. The molecule has 3 rings (SSSR count). The quantitative estimate of drug-likeness (QED) is 0.558. The van der Waals surface area contributed by atoms with Crippen LogP contribution in [-0.2, 0) is 9.47 Å². The van der Waals surface area contributed by atoms with Gasteiger partial charge in [-0.2, -0.15) is 0 Å². The van der Waals surface area contributed by atoms with Gasteiger partial charge in [0.25, 0.3) is 0 Å². The highest BCUT2D eigenvalue weighted by Gasteiger charge is 2.33. The molecule has 0 amide bonds. The number of benzene rings is 2. The maximum atomic E-state index is 5.86. The number of allylic oxidation sites excluding steroid dienone is 1. The molecule has 0 aromatic heterocycles. The monoisotopic (exact) mass is 446 g/mol. The third-order valence-electron chi connectivity index (χ3n) is 5.19. The van der Waals surface area contributed by atoms with Crippen molar-refractivity contribution in [1.29, 1.82) is 0 Å². The van der Waals surface area contributed by atoms with Crippen molar-refractivity contribution in [2.45, 2.75) is 13.2 Å². The molecule has 0 bridgehead atoms.